The molecule has 5 rings (SSSR count). The SMILES string of the molecule is O=C(O)/C=C/C[C@@H]1[C@H]2C=C[C@@H]3[C@@H]4[C@H]2[C@H]1C[C@H]4C=C[C@H]3c1ccccc1. The predicted octanol–water partition coefficient (Wildman–Crippen LogP) is 4.67. The van der Waals surface area contributed by atoms with Crippen LogP contribution in [0.2, 0.25) is 0 Å². The first-order chi connectivity index (χ1) is 12.2. The molecule has 4 aliphatic rings. The van der Waals surface area contributed by atoms with Gasteiger partial charge in [0.15, 0.2) is 0 Å². The molecule has 0 unspecified atom stereocenters. The van der Waals surface area contributed by atoms with E-state index in [-0.39, 0.29) is 0 Å². The van der Waals surface area contributed by atoms with Crippen LogP contribution in [0.15, 0.2) is 66.8 Å². The number of rotatable bonds is 4. The van der Waals surface area contributed by atoms with Crippen molar-refractivity contribution >= 4 is 5.97 Å². The first-order valence-electron chi connectivity index (χ1n) is 9.55. The van der Waals surface area contributed by atoms with E-state index in [0.29, 0.717) is 23.7 Å². The van der Waals surface area contributed by atoms with Crippen LogP contribution in [0.25, 0.3) is 0 Å². The molecule has 0 aliphatic heterocycles. The molecule has 25 heavy (non-hydrogen) atoms. The Labute approximate surface area is 148 Å². The first-order valence-corrected chi connectivity index (χ1v) is 9.55. The van der Waals surface area contributed by atoms with Gasteiger partial charge in [0.25, 0.3) is 0 Å². The van der Waals surface area contributed by atoms with E-state index in [1.165, 1.54) is 18.1 Å². The molecule has 1 aromatic carbocycles. The summed E-state index contributed by atoms with van der Waals surface area (Å²) in [5.74, 6) is 4.75. The number of carbonyl (C=O) groups is 1. The minimum Gasteiger partial charge on any atom is -0.478 e. The fourth-order valence-corrected chi connectivity index (χ4v) is 6.45. The molecule has 0 amide bonds. The van der Waals surface area contributed by atoms with Crippen LogP contribution in [0.4, 0.5) is 0 Å². The molecule has 1 aromatic rings. The van der Waals surface area contributed by atoms with Crippen molar-refractivity contribution in [2.24, 2.45) is 41.4 Å². The molecule has 4 aliphatic carbocycles. The van der Waals surface area contributed by atoms with E-state index < -0.39 is 5.97 Å². The van der Waals surface area contributed by atoms with Gasteiger partial charge in [-0.1, -0.05) is 60.7 Å². The molecule has 8 atom stereocenters. The third-order valence-corrected chi connectivity index (χ3v) is 7.30. The predicted molar refractivity (Wildman–Crippen MR) is 97.9 cm³/mol. The minimum atomic E-state index is -0.830. The second kappa shape index (κ2) is 5.72. The van der Waals surface area contributed by atoms with Gasteiger partial charge in [0.1, 0.15) is 0 Å². The maximum absolute atomic E-state index is 10.7. The maximum atomic E-state index is 10.7. The van der Waals surface area contributed by atoms with Crippen molar-refractivity contribution in [2.45, 2.75) is 18.8 Å². The van der Waals surface area contributed by atoms with Gasteiger partial charge in [-0.25, -0.2) is 4.79 Å². The van der Waals surface area contributed by atoms with Crippen LogP contribution in [-0.2, 0) is 4.79 Å². The van der Waals surface area contributed by atoms with E-state index >= 15 is 0 Å². The van der Waals surface area contributed by atoms with E-state index in [9.17, 15) is 4.79 Å². The average molecular weight is 332 g/mol. The highest BCUT2D eigenvalue weighted by atomic mass is 16.4. The highest BCUT2D eigenvalue weighted by Crippen LogP contribution is 2.67. The molecular formula is C23H24O2. The molecular weight excluding hydrogens is 308 g/mol. The summed E-state index contributed by atoms with van der Waals surface area (Å²) < 4.78 is 0. The molecule has 0 radical (unpaired) electrons. The van der Waals surface area contributed by atoms with Crippen LogP contribution in [-0.4, -0.2) is 11.1 Å². The normalized spacial score (nSPS) is 43.0. The fourth-order valence-electron chi connectivity index (χ4n) is 6.45. The summed E-state index contributed by atoms with van der Waals surface area (Å²) >= 11 is 0. The van der Waals surface area contributed by atoms with E-state index in [2.05, 4.69) is 54.6 Å². The van der Waals surface area contributed by atoms with Gasteiger partial charge < -0.3 is 5.11 Å². The standard InChI is InChI=1S/C23H24O2/c24-21(25)8-4-7-17-19-12-11-18-16(14-5-2-1-3-6-14)10-9-15-13-20(17)23(19)22(15)18/h1-6,8-12,15-20,22-23H,7,13H2,(H,24,25)/b8-4+/t15-,16+,17-,18+,19-,20+,22-,23-/m1/s1. The van der Waals surface area contributed by atoms with Crippen LogP contribution in [0, 0.1) is 41.4 Å². The third kappa shape index (κ3) is 2.27. The number of hydrogen-bond acceptors (Lipinski definition) is 1. The molecule has 0 heterocycles. The molecule has 0 spiro atoms. The van der Waals surface area contributed by atoms with Crippen molar-refractivity contribution in [2.75, 3.05) is 0 Å². The topological polar surface area (TPSA) is 37.3 Å². The Bertz CT molecular complexity index is 760. The zero-order chi connectivity index (χ0) is 17.0. The molecule has 2 heteroatoms. The van der Waals surface area contributed by atoms with Crippen molar-refractivity contribution in [1.29, 1.82) is 0 Å². The largest absolute Gasteiger partial charge is 0.478 e. The molecule has 0 saturated heterocycles. The Morgan fingerprint density at radius 2 is 1.84 bits per heavy atom. The lowest BCUT2D eigenvalue weighted by Gasteiger charge is -2.54. The second-order valence-electron chi connectivity index (χ2n) is 8.22. The van der Waals surface area contributed by atoms with Crippen molar-refractivity contribution in [3.8, 4) is 0 Å². The number of hydrogen-bond donors (Lipinski definition) is 1. The summed E-state index contributed by atoms with van der Waals surface area (Å²) in [7, 11) is 0. The van der Waals surface area contributed by atoms with Crippen LogP contribution in [0.3, 0.4) is 0 Å². The smallest absolute Gasteiger partial charge is 0.327 e. The monoisotopic (exact) mass is 332 g/mol. The van der Waals surface area contributed by atoms with E-state index in [4.69, 9.17) is 5.11 Å². The minimum absolute atomic E-state index is 0.518. The van der Waals surface area contributed by atoms with E-state index in [1.54, 1.807) is 0 Å². The Morgan fingerprint density at radius 1 is 1.04 bits per heavy atom. The Hall–Kier alpha value is -2.09. The fraction of sp³-hybridized carbons (Fsp3) is 0.435. The lowest BCUT2D eigenvalue weighted by atomic mass is 9.50. The third-order valence-electron chi connectivity index (χ3n) is 7.30. The van der Waals surface area contributed by atoms with Crippen LogP contribution in [0.5, 0.6) is 0 Å². The van der Waals surface area contributed by atoms with Crippen molar-refractivity contribution < 1.29 is 9.90 Å². The molecule has 2 nitrogen and oxygen atoms in total. The molecule has 1 N–H and O–H groups in total. The summed E-state index contributed by atoms with van der Waals surface area (Å²) in [6.45, 7) is 0. The van der Waals surface area contributed by atoms with Gasteiger partial charge in [-0.3, -0.25) is 0 Å². The lowest BCUT2D eigenvalue weighted by Crippen LogP contribution is -2.49. The summed E-state index contributed by atoms with van der Waals surface area (Å²) in [6, 6.07) is 10.9. The quantitative estimate of drug-likeness (QED) is 0.642. The Balaban J connectivity index is 1.42. The maximum Gasteiger partial charge on any atom is 0.327 e. The summed E-state index contributed by atoms with van der Waals surface area (Å²) in [4.78, 5) is 10.7. The molecule has 0 bridgehead atoms. The van der Waals surface area contributed by atoms with Crippen molar-refractivity contribution in [1.82, 2.24) is 0 Å². The van der Waals surface area contributed by atoms with E-state index in [0.717, 1.165) is 30.1 Å². The number of carboxylic acids is 1. The van der Waals surface area contributed by atoms with Gasteiger partial charge in [0.05, 0.1) is 0 Å². The van der Waals surface area contributed by atoms with Gasteiger partial charge in [-0.05, 0) is 59.8 Å². The Kier molecular flexibility index (Phi) is 3.48. The van der Waals surface area contributed by atoms with Crippen LogP contribution < -0.4 is 0 Å². The van der Waals surface area contributed by atoms with Crippen molar-refractivity contribution in [3.05, 3.63) is 72.4 Å². The molecule has 128 valence electrons. The number of benzene rings is 1. The molecule has 0 aromatic heterocycles. The summed E-state index contributed by atoms with van der Waals surface area (Å²) in [5.41, 5.74) is 1.44. The van der Waals surface area contributed by atoms with Crippen molar-refractivity contribution in [3.63, 3.8) is 0 Å². The molecule has 2 fully saturated rings. The lowest BCUT2D eigenvalue weighted by molar-refractivity contribution is -0.131. The summed E-state index contributed by atoms with van der Waals surface area (Å²) in [6.07, 6.45) is 15.3. The summed E-state index contributed by atoms with van der Waals surface area (Å²) in [5, 5.41) is 8.83. The highest BCUT2D eigenvalue weighted by Gasteiger charge is 2.61. The highest BCUT2D eigenvalue weighted by molar-refractivity contribution is 5.79. The second-order valence-corrected chi connectivity index (χ2v) is 8.22. The zero-order valence-corrected chi connectivity index (χ0v) is 14.2. The number of aliphatic carboxylic acids is 1. The van der Waals surface area contributed by atoms with Gasteiger partial charge in [-0.15, -0.1) is 0 Å². The number of carboxylic acid groups (broad SMARTS) is 1. The van der Waals surface area contributed by atoms with E-state index in [1.807, 2.05) is 6.08 Å². The Morgan fingerprint density at radius 3 is 2.64 bits per heavy atom. The number of allylic oxidation sites excluding steroid dienone is 5. The van der Waals surface area contributed by atoms with Gasteiger partial charge in [-0.2, -0.15) is 0 Å². The average Bonchev–Trinajstić information content (AvgIpc) is 2.97. The molecule has 2 saturated carbocycles. The first kappa shape index (κ1) is 15.2. The van der Waals surface area contributed by atoms with Crippen LogP contribution >= 0.6 is 0 Å². The van der Waals surface area contributed by atoms with Gasteiger partial charge in [0.2, 0.25) is 0 Å². The van der Waals surface area contributed by atoms with Gasteiger partial charge in [0, 0.05) is 12.0 Å². The zero-order valence-electron chi connectivity index (χ0n) is 14.2. The van der Waals surface area contributed by atoms with Crippen LogP contribution in [0.1, 0.15) is 24.3 Å². The van der Waals surface area contributed by atoms with Gasteiger partial charge >= 0.3 is 5.97 Å².